The normalized spacial score (nSPS) is 10.5. The summed E-state index contributed by atoms with van der Waals surface area (Å²) >= 11 is 0. The quantitative estimate of drug-likeness (QED) is 0.223. The molecule has 0 saturated carbocycles. The Balaban J connectivity index is 1.71. The Labute approximate surface area is 196 Å². The van der Waals surface area contributed by atoms with Crippen LogP contribution in [-0.4, -0.2) is 46.5 Å². The van der Waals surface area contributed by atoms with Crippen LogP contribution in [0, 0.1) is 0 Å². The van der Waals surface area contributed by atoms with Crippen molar-refractivity contribution in [3.05, 3.63) is 77.4 Å². The first-order valence-corrected chi connectivity index (χ1v) is 10.1. The molecule has 0 aliphatic carbocycles. The van der Waals surface area contributed by atoms with Gasteiger partial charge in [-0.25, -0.2) is 10.2 Å². The number of carbonyl (C=O) groups is 2. The maximum absolute atomic E-state index is 12.5. The summed E-state index contributed by atoms with van der Waals surface area (Å²) in [6.07, 6.45) is 1.43. The van der Waals surface area contributed by atoms with Gasteiger partial charge < -0.3 is 23.7 Å². The third-order valence-corrected chi connectivity index (χ3v) is 4.71. The van der Waals surface area contributed by atoms with Gasteiger partial charge in [-0.15, -0.1) is 0 Å². The standard InChI is InChI=1S/C25H24N2O7/c1-30-20-12-16(10-11-19(20)34-25(29)17-8-6-5-7-9-17)15-26-27-24(28)18-13-21(31-2)23(33-4)22(14-18)32-3/h5-15H,1-4H3,(H,27,28)/b26-15-. The molecule has 3 aromatic rings. The van der Waals surface area contributed by atoms with E-state index in [1.54, 1.807) is 42.5 Å². The fraction of sp³-hybridized carbons (Fsp3) is 0.160. The molecule has 3 rings (SSSR count). The molecule has 0 heterocycles. The van der Waals surface area contributed by atoms with E-state index in [0.717, 1.165) is 0 Å². The van der Waals surface area contributed by atoms with Gasteiger partial charge in [0.05, 0.1) is 40.2 Å². The summed E-state index contributed by atoms with van der Waals surface area (Å²) in [6.45, 7) is 0. The lowest BCUT2D eigenvalue weighted by Gasteiger charge is -2.13. The molecule has 0 bridgehead atoms. The summed E-state index contributed by atoms with van der Waals surface area (Å²) in [5.74, 6) is 0.695. The van der Waals surface area contributed by atoms with E-state index in [-0.39, 0.29) is 11.3 Å². The summed E-state index contributed by atoms with van der Waals surface area (Å²) in [5, 5.41) is 3.98. The third kappa shape index (κ3) is 5.63. The number of ether oxygens (including phenoxy) is 5. The Morgan fingerprint density at radius 3 is 1.97 bits per heavy atom. The van der Waals surface area contributed by atoms with Crippen molar-refractivity contribution < 1.29 is 33.3 Å². The van der Waals surface area contributed by atoms with Crippen molar-refractivity contribution in [3.8, 4) is 28.7 Å². The number of hydrogen-bond donors (Lipinski definition) is 1. The van der Waals surface area contributed by atoms with Crippen molar-refractivity contribution in [1.29, 1.82) is 0 Å². The molecule has 34 heavy (non-hydrogen) atoms. The van der Waals surface area contributed by atoms with Crippen LogP contribution in [0.2, 0.25) is 0 Å². The highest BCUT2D eigenvalue weighted by molar-refractivity contribution is 5.96. The van der Waals surface area contributed by atoms with Gasteiger partial charge in [-0.2, -0.15) is 5.10 Å². The van der Waals surface area contributed by atoms with E-state index >= 15 is 0 Å². The Hall–Kier alpha value is -4.53. The zero-order chi connectivity index (χ0) is 24.5. The Bertz CT molecular complexity index is 1170. The minimum Gasteiger partial charge on any atom is -0.493 e. The van der Waals surface area contributed by atoms with Crippen LogP contribution in [0.1, 0.15) is 26.3 Å². The number of nitrogens with zero attached hydrogens (tertiary/aromatic N) is 1. The van der Waals surface area contributed by atoms with Gasteiger partial charge >= 0.3 is 5.97 Å². The van der Waals surface area contributed by atoms with Gasteiger partial charge in [0.2, 0.25) is 5.75 Å². The second kappa shape index (κ2) is 11.4. The molecule has 1 N–H and O–H groups in total. The second-order valence-corrected chi connectivity index (χ2v) is 6.78. The van der Waals surface area contributed by atoms with Crippen LogP contribution in [0.25, 0.3) is 0 Å². The third-order valence-electron chi connectivity index (χ3n) is 4.71. The summed E-state index contributed by atoms with van der Waals surface area (Å²) in [6, 6.07) is 16.6. The molecule has 0 aromatic heterocycles. The number of amides is 1. The van der Waals surface area contributed by atoms with Gasteiger partial charge in [-0.3, -0.25) is 4.79 Å². The lowest BCUT2D eigenvalue weighted by Crippen LogP contribution is -2.18. The number of hydrogen-bond acceptors (Lipinski definition) is 8. The molecule has 0 unspecified atom stereocenters. The zero-order valence-electron chi connectivity index (χ0n) is 19.2. The van der Waals surface area contributed by atoms with E-state index in [9.17, 15) is 9.59 Å². The van der Waals surface area contributed by atoms with Gasteiger partial charge in [-0.1, -0.05) is 18.2 Å². The predicted octanol–water partition coefficient (Wildman–Crippen LogP) is 3.70. The summed E-state index contributed by atoms with van der Waals surface area (Å²) in [7, 11) is 5.87. The van der Waals surface area contributed by atoms with E-state index < -0.39 is 11.9 Å². The average molecular weight is 464 g/mol. The van der Waals surface area contributed by atoms with Crippen LogP contribution < -0.4 is 29.1 Å². The number of rotatable bonds is 9. The van der Waals surface area contributed by atoms with Crippen molar-refractivity contribution in [2.75, 3.05) is 28.4 Å². The predicted molar refractivity (Wildman–Crippen MR) is 126 cm³/mol. The molecule has 0 aliphatic heterocycles. The molecule has 0 aliphatic rings. The maximum Gasteiger partial charge on any atom is 0.343 e. The first kappa shape index (κ1) is 24.1. The molecule has 9 heteroatoms. The molecule has 9 nitrogen and oxygen atoms in total. The SMILES string of the molecule is COc1cc(/C=N\NC(=O)c2cc(OC)c(OC)c(OC)c2)ccc1OC(=O)c1ccccc1. The molecule has 0 spiro atoms. The Morgan fingerprint density at radius 2 is 1.38 bits per heavy atom. The average Bonchev–Trinajstić information content (AvgIpc) is 2.88. The fourth-order valence-electron chi connectivity index (χ4n) is 3.02. The van der Waals surface area contributed by atoms with Crippen molar-refractivity contribution in [3.63, 3.8) is 0 Å². The lowest BCUT2D eigenvalue weighted by molar-refractivity contribution is 0.0729. The van der Waals surface area contributed by atoms with Crippen LogP contribution in [-0.2, 0) is 0 Å². The van der Waals surface area contributed by atoms with Crippen molar-refractivity contribution in [2.45, 2.75) is 0 Å². The van der Waals surface area contributed by atoms with Gasteiger partial charge in [0, 0.05) is 5.56 Å². The molecular weight excluding hydrogens is 440 g/mol. The summed E-state index contributed by atoms with van der Waals surface area (Å²) in [5.41, 5.74) is 3.75. The van der Waals surface area contributed by atoms with Crippen LogP contribution in [0.15, 0.2) is 65.8 Å². The highest BCUT2D eigenvalue weighted by atomic mass is 16.6. The van der Waals surface area contributed by atoms with Crippen molar-refractivity contribution >= 4 is 18.1 Å². The van der Waals surface area contributed by atoms with Gasteiger partial charge in [0.25, 0.3) is 5.91 Å². The minimum absolute atomic E-state index is 0.259. The van der Waals surface area contributed by atoms with E-state index in [1.165, 1.54) is 46.8 Å². The van der Waals surface area contributed by atoms with E-state index in [4.69, 9.17) is 23.7 Å². The number of hydrazone groups is 1. The van der Waals surface area contributed by atoms with Crippen molar-refractivity contribution in [2.24, 2.45) is 5.10 Å². The molecule has 0 saturated heterocycles. The first-order valence-electron chi connectivity index (χ1n) is 10.1. The van der Waals surface area contributed by atoms with E-state index in [1.807, 2.05) is 6.07 Å². The van der Waals surface area contributed by atoms with E-state index in [0.29, 0.717) is 34.1 Å². The Morgan fingerprint density at radius 1 is 0.735 bits per heavy atom. The van der Waals surface area contributed by atoms with Crippen LogP contribution >= 0.6 is 0 Å². The minimum atomic E-state index is -0.502. The van der Waals surface area contributed by atoms with Crippen LogP contribution in [0.3, 0.4) is 0 Å². The molecular formula is C25H24N2O7. The molecule has 176 valence electrons. The molecule has 3 aromatic carbocycles. The van der Waals surface area contributed by atoms with Crippen LogP contribution in [0.4, 0.5) is 0 Å². The monoisotopic (exact) mass is 464 g/mol. The number of nitrogens with one attached hydrogen (secondary N) is 1. The fourth-order valence-corrected chi connectivity index (χ4v) is 3.02. The zero-order valence-corrected chi connectivity index (χ0v) is 19.2. The highest BCUT2D eigenvalue weighted by Crippen LogP contribution is 2.38. The van der Waals surface area contributed by atoms with Gasteiger partial charge in [-0.05, 0) is 48.0 Å². The topological polar surface area (TPSA) is 105 Å². The van der Waals surface area contributed by atoms with Gasteiger partial charge in [0.15, 0.2) is 23.0 Å². The summed E-state index contributed by atoms with van der Waals surface area (Å²) in [4.78, 5) is 24.8. The molecule has 0 fully saturated rings. The summed E-state index contributed by atoms with van der Waals surface area (Å²) < 4.78 is 26.5. The van der Waals surface area contributed by atoms with Crippen molar-refractivity contribution in [1.82, 2.24) is 5.43 Å². The first-order chi connectivity index (χ1) is 16.5. The number of methoxy groups -OCH3 is 4. The second-order valence-electron chi connectivity index (χ2n) is 6.78. The largest absolute Gasteiger partial charge is 0.493 e. The number of esters is 1. The van der Waals surface area contributed by atoms with Crippen LogP contribution in [0.5, 0.6) is 28.7 Å². The highest BCUT2D eigenvalue weighted by Gasteiger charge is 2.17. The van der Waals surface area contributed by atoms with E-state index in [2.05, 4.69) is 10.5 Å². The molecule has 1 amide bonds. The Kier molecular flexibility index (Phi) is 8.07. The smallest absolute Gasteiger partial charge is 0.343 e. The number of carbonyl (C=O) groups excluding carboxylic acids is 2. The molecule has 0 atom stereocenters. The van der Waals surface area contributed by atoms with Gasteiger partial charge in [0.1, 0.15) is 0 Å². The molecule has 0 radical (unpaired) electrons. The lowest BCUT2D eigenvalue weighted by atomic mass is 10.1. The number of benzene rings is 3. The maximum atomic E-state index is 12.5.